The summed E-state index contributed by atoms with van der Waals surface area (Å²) >= 11 is 0. The van der Waals surface area contributed by atoms with Crippen molar-refractivity contribution in [3.05, 3.63) is 106 Å². The summed E-state index contributed by atoms with van der Waals surface area (Å²) in [6.45, 7) is 6.28. The molecule has 9 heteroatoms. The molecule has 8 nitrogen and oxygen atoms in total. The fourth-order valence-electron chi connectivity index (χ4n) is 3.46. The number of nitrogens with two attached hydrogens (primary N) is 1. The van der Waals surface area contributed by atoms with Crippen molar-refractivity contribution in [2.24, 2.45) is 20.7 Å². The number of halogens is 1. The Labute approximate surface area is 242 Å². The van der Waals surface area contributed by atoms with Gasteiger partial charge in [-0.2, -0.15) is 5.26 Å². The lowest BCUT2D eigenvalue weighted by atomic mass is 9.92. The Bertz CT molecular complexity index is 1360. The Kier molecular flexibility index (Phi) is 16.6. The van der Waals surface area contributed by atoms with Crippen LogP contribution in [0.5, 0.6) is 0 Å². The van der Waals surface area contributed by atoms with Crippen LogP contribution in [0.15, 0.2) is 98.9 Å². The average Bonchev–Trinajstić information content (AvgIpc) is 2.99. The topological polar surface area (TPSA) is 136 Å². The van der Waals surface area contributed by atoms with Gasteiger partial charge in [0.25, 0.3) is 0 Å². The molecular weight excluding hydrogens is 515 g/mol. The molecule has 0 saturated heterocycles. The molecule has 2 rings (SSSR count). The molecule has 214 valence electrons. The molecule has 1 aromatic heterocycles. The van der Waals surface area contributed by atoms with E-state index in [1.165, 1.54) is 24.5 Å². The molecule has 0 saturated carbocycles. The second kappa shape index (κ2) is 20.0. The van der Waals surface area contributed by atoms with Crippen molar-refractivity contribution in [1.82, 2.24) is 4.98 Å². The van der Waals surface area contributed by atoms with E-state index in [2.05, 4.69) is 31.3 Å². The minimum atomic E-state index is -0.298. The fraction of sp³-hybridized carbons (Fsp3) is 0.250. The van der Waals surface area contributed by atoms with E-state index in [1.807, 2.05) is 39.0 Å². The van der Waals surface area contributed by atoms with Crippen LogP contribution in [0.25, 0.3) is 0 Å². The van der Waals surface area contributed by atoms with Gasteiger partial charge in [0.05, 0.1) is 12.1 Å². The number of allylic oxidation sites excluding steroid dienone is 6. The Morgan fingerprint density at radius 3 is 2.41 bits per heavy atom. The van der Waals surface area contributed by atoms with Gasteiger partial charge < -0.3 is 16.5 Å². The predicted octanol–water partition coefficient (Wildman–Crippen LogP) is 6.40. The maximum Gasteiger partial charge on any atom is 0.130 e. The van der Waals surface area contributed by atoms with Gasteiger partial charge in [0, 0.05) is 74.0 Å². The zero-order chi connectivity index (χ0) is 30.5. The first-order valence-electron chi connectivity index (χ1n) is 13.1. The molecule has 0 spiro atoms. The van der Waals surface area contributed by atoms with Gasteiger partial charge in [-0.25, -0.2) is 9.37 Å². The number of nitriles is 1. The van der Waals surface area contributed by atoms with E-state index in [-0.39, 0.29) is 11.7 Å². The Morgan fingerprint density at radius 2 is 1.88 bits per heavy atom. The normalized spacial score (nSPS) is 13.4. The quantitative estimate of drug-likeness (QED) is 0.206. The van der Waals surface area contributed by atoms with Crippen molar-refractivity contribution >= 4 is 30.7 Å². The molecular formula is C32H39FN8. The molecule has 0 fully saturated rings. The molecule has 0 radical (unpaired) electrons. The van der Waals surface area contributed by atoms with Gasteiger partial charge in [-0.15, -0.1) is 0 Å². The minimum Gasteiger partial charge on any atom is -0.405 e. The van der Waals surface area contributed by atoms with E-state index < -0.39 is 0 Å². The van der Waals surface area contributed by atoms with Gasteiger partial charge in [-0.3, -0.25) is 15.0 Å². The van der Waals surface area contributed by atoms with E-state index in [0.717, 1.165) is 34.3 Å². The first-order chi connectivity index (χ1) is 19.9. The van der Waals surface area contributed by atoms with Crippen LogP contribution >= 0.6 is 0 Å². The van der Waals surface area contributed by atoms with Crippen molar-refractivity contribution in [3.8, 4) is 6.07 Å². The van der Waals surface area contributed by atoms with E-state index >= 15 is 0 Å². The van der Waals surface area contributed by atoms with Gasteiger partial charge in [0.2, 0.25) is 0 Å². The number of hydrogen-bond donors (Lipinski definition) is 3. The Balaban J connectivity index is 0.00000154. The fourth-order valence-corrected chi connectivity index (χ4v) is 3.46. The molecule has 2 aromatic rings. The van der Waals surface area contributed by atoms with Crippen molar-refractivity contribution < 1.29 is 4.39 Å². The van der Waals surface area contributed by atoms with E-state index in [4.69, 9.17) is 11.1 Å². The number of aliphatic imine (C=N–C) groups is 3. The minimum absolute atomic E-state index is 0.103. The maximum absolute atomic E-state index is 13.4. The van der Waals surface area contributed by atoms with Crippen LogP contribution in [0.4, 0.5) is 10.2 Å². The lowest BCUT2D eigenvalue weighted by molar-refractivity contribution is 0.626. The third kappa shape index (κ3) is 12.2. The van der Waals surface area contributed by atoms with Crippen molar-refractivity contribution in [3.63, 3.8) is 0 Å². The highest BCUT2D eigenvalue weighted by Crippen LogP contribution is 2.29. The number of nitrogens with one attached hydrogen (secondary N) is 2. The molecule has 0 aliphatic carbocycles. The summed E-state index contributed by atoms with van der Waals surface area (Å²) in [5, 5.41) is 20.1. The number of hydrogen-bond acceptors (Lipinski definition) is 8. The van der Waals surface area contributed by atoms with Crippen LogP contribution in [0.3, 0.4) is 0 Å². The largest absolute Gasteiger partial charge is 0.405 e. The molecule has 0 aliphatic heterocycles. The van der Waals surface area contributed by atoms with Crippen molar-refractivity contribution in [2.45, 2.75) is 33.1 Å². The lowest BCUT2D eigenvalue weighted by Gasteiger charge is -2.17. The summed E-state index contributed by atoms with van der Waals surface area (Å²) in [5.74, 6) is 0.223. The number of benzene rings is 1. The standard InChI is InChI=1S/C28H30FN7.C4H9N/c1-5-21(14-30)12-24(17-32-3)25(18-33-4)19-34-10-11-35-28-27(13-22(15-31)16-36-28)20(2)23-6-8-26(29)9-7-23;1-2-3-4-5/h5-10,12-14,16-20,30H,11H2,1-4H3,(H,35,36);3-4H,2,5H2,1H3/b21-5-,24-12+,25-19+,30-14?,32-17?,33-18?,34-10?;. The zero-order valence-electron chi connectivity index (χ0n) is 24.3. The molecule has 0 amide bonds. The number of rotatable bonds is 12. The Morgan fingerprint density at radius 1 is 1.20 bits per heavy atom. The van der Waals surface area contributed by atoms with Gasteiger partial charge in [0.1, 0.15) is 17.7 Å². The number of pyridine rings is 1. The number of aromatic nitrogens is 1. The molecule has 41 heavy (non-hydrogen) atoms. The first-order valence-corrected chi connectivity index (χ1v) is 13.1. The van der Waals surface area contributed by atoms with E-state index in [1.54, 1.807) is 63.3 Å². The first kappa shape index (κ1) is 34.1. The third-order valence-corrected chi connectivity index (χ3v) is 5.63. The van der Waals surface area contributed by atoms with Crippen LogP contribution in [0.2, 0.25) is 0 Å². The molecule has 0 aliphatic rings. The van der Waals surface area contributed by atoms with E-state index in [9.17, 15) is 9.65 Å². The van der Waals surface area contributed by atoms with Gasteiger partial charge >= 0.3 is 0 Å². The highest BCUT2D eigenvalue weighted by Gasteiger charge is 2.15. The Hall–Kier alpha value is -4.97. The summed E-state index contributed by atoms with van der Waals surface area (Å²) in [6, 6.07) is 10.2. The number of nitrogens with zero attached hydrogens (tertiary/aromatic N) is 5. The summed E-state index contributed by atoms with van der Waals surface area (Å²) in [6.07, 6.45) is 17.7. The van der Waals surface area contributed by atoms with Gasteiger partial charge in [0.15, 0.2) is 0 Å². The van der Waals surface area contributed by atoms with Crippen molar-refractivity contribution in [2.75, 3.05) is 26.0 Å². The lowest BCUT2D eigenvalue weighted by Crippen LogP contribution is -2.10. The van der Waals surface area contributed by atoms with Crippen molar-refractivity contribution in [1.29, 1.82) is 10.7 Å². The van der Waals surface area contributed by atoms with Gasteiger partial charge in [-0.1, -0.05) is 38.1 Å². The average molecular weight is 555 g/mol. The summed E-state index contributed by atoms with van der Waals surface area (Å²) in [5.41, 5.74) is 9.40. The SMILES string of the molecule is C/C=C(C=N)/C=C(C=NC)/C(C=NC)=C/N=CCNc1ncc(C#N)cc1C(C)c1ccc(F)cc1.CCC=CN. The maximum atomic E-state index is 13.4. The summed E-state index contributed by atoms with van der Waals surface area (Å²) in [4.78, 5) is 17.0. The monoisotopic (exact) mass is 554 g/mol. The highest BCUT2D eigenvalue weighted by atomic mass is 19.1. The third-order valence-electron chi connectivity index (χ3n) is 5.63. The molecule has 1 unspecified atom stereocenters. The summed E-state index contributed by atoms with van der Waals surface area (Å²) in [7, 11) is 3.35. The second-order valence-electron chi connectivity index (χ2n) is 8.49. The number of anilines is 1. The molecule has 4 N–H and O–H groups in total. The predicted molar refractivity (Wildman–Crippen MR) is 171 cm³/mol. The smallest absolute Gasteiger partial charge is 0.130 e. The van der Waals surface area contributed by atoms with Crippen LogP contribution in [0, 0.1) is 22.6 Å². The van der Waals surface area contributed by atoms with Gasteiger partial charge in [-0.05, 0) is 55.0 Å². The highest BCUT2D eigenvalue weighted by molar-refractivity contribution is 6.00. The molecule has 1 heterocycles. The second-order valence-corrected chi connectivity index (χ2v) is 8.49. The zero-order valence-corrected chi connectivity index (χ0v) is 24.3. The summed E-state index contributed by atoms with van der Waals surface area (Å²) < 4.78 is 13.4. The van der Waals surface area contributed by atoms with Crippen LogP contribution in [-0.4, -0.2) is 50.5 Å². The molecule has 0 bridgehead atoms. The molecule has 1 atom stereocenters. The van der Waals surface area contributed by atoms with Crippen LogP contribution < -0.4 is 11.1 Å². The van der Waals surface area contributed by atoms with E-state index in [0.29, 0.717) is 17.9 Å². The van der Waals surface area contributed by atoms with Crippen LogP contribution in [0.1, 0.15) is 49.8 Å². The van der Waals surface area contributed by atoms with Crippen LogP contribution in [-0.2, 0) is 0 Å². The molecule has 1 aromatic carbocycles.